The predicted molar refractivity (Wildman–Crippen MR) is 136 cm³/mol. The number of carboxylic acid groups (broad SMARTS) is 1. The minimum atomic E-state index is -0.976. The van der Waals surface area contributed by atoms with E-state index in [1.807, 2.05) is 41.1 Å². The molecule has 0 amide bonds. The Hall–Kier alpha value is -3.40. The first-order chi connectivity index (χ1) is 17.4. The summed E-state index contributed by atoms with van der Waals surface area (Å²) in [5.41, 5.74) is 10.1. The molecule has 36 heavy (non-hydrogen) atoms. The molecule has 1 aromatic heterocycles. The van der Waals surface area contributed by atoms with Gasteiger partial charge in [-0.05, 0) is 66.6 Å². The normalized spacial score (nSPS) is 12.9. The second-order valence-electron chi connectivity index (χ2n) is 8.56. The molecule has 0 fully saturated rings. The van der Waals surface area contributed by atoms with Gasteiger partial charge in [-0.2, -0.15) is 0 Å². The van der Waals surface area contributed by atoms with Gasteiger partial charge in [-0.3, -0.25) is 0 Å². The van der Waals surface area contributed by atoms with Gasteiger partial charge >= 0.3 is 5.97 Å². The minimum Gasteiger partial charge on any atom is -0.489 e. The summed E-state index contributed by atoms with van der Waals surface area (Å²) in [6.45, 7) is 1.42. The van der Waals surface area contributed by atoms with Crippen molar-refractivity contribution in [3.8, 4) is 11.5 Å². The lowest BCUT2D eigenvalue weighted by Gasteiger charge is -2.21. The average Bonchev–Trinajstić information content (AvgIpc) is 3.20. The Balaban J connectivity index is 1.44. The first-order valence-corrected chi connectivity index (χ1v) is 12.2. The molecule has 7 nitrogen and oxygen atoms in total. The van der Waals surface area contributed by atoms with Crippen LogP contribution in [0.1, 0.15) is 32.6 Å². The summed E-state index contributed by atoms with van der Waals surface area (Å²) in [5, 5.41) is 10.6. The molecule has 5 rings (SSSR count). The van der Waals surface area contributed by atoms with Crippen LogP contribution in [0, 0.1) is 5.82 Å². The lowest BCUT2D eigenvalue weighted by molar-refractivity contribution is -0.0178. The second kappa shape index (κ2) is 10.3. The van der Waals surface area contributed by atoms with E-state index in [1.54, 1.807) is 6.07 Å². The highest BCUT2D eigenvalue weighted by atomic mass is 79.9. The molecule has 186 valence electrons. The SMILES string of the molecule is NCCc1cn(Cc2ccc(Br)cc2C(=O)O)c2ccc(OCc3cc(F)cc4c3OCOC4)cc12. The number of nitrogens with zero attached hydrogens (tertiary/aromatic N) is 1. The summed E-state index contributed by atoms with van der Waals surface area (Å²) in [5.74, 6) is -0.121. The maximum atomic E-state index is 14.1. The third kappa shape index (κ3) is 4.95. The number of aromatic nitrogens is 1. The van der Waals surface area contributed by atoms with Crippen LogP contribution in [0.2, 0.25) is 0 Å². The summed E-state index contributed by atoms with van der Waals surface area (Å²) < 4.78 is 33.7. The Bertz CT molecular complexity index is 1450. The van der Waals surface area contributed by atoms with Crippen LogP contribution in [-0.2, 0) is 30.9 Å². The molecule has 0 bridgehead atoms. The molecular formula is C27H24BrFN2O5. The molecule has 0 spiro atoms. The Morgan fingerprint density at radius 3 is 2.81 bits per heavy atom. The van der Waals surface area contributed by atoms with E-state index in [9.17, 15) is 14.3 Å². The van der Waals surface area contributed by atoms with Gasteiger partial charge in [0, 0.05) is 39.2 Å². The smallest absolute Gasteiger partial charge is 0.336 e. The third-order valence-corrected chi connectivity index (χ3v) is 6.63. The van der Waals surface area contributed by atoms with Gasteiger partial charge < -0.3 is 29.6 Å². The molecule has 3 aromatic carbocycles. The number of fused-ring (bicyclic) bond motifs is 2. The highest BCUT2D eigenvalue weighted by molar-refractivity contribution is 9.10. The van der Waals surface area contributed by atoms with Crippen molar-refractivity contribution in [2.75, 3.05) is 13.3 Å². The largest absolute Gasteiger partial charge is 0.489 e. The second-order valence-corrected chi connectivity index (χ2v) is 9.47. The molecular weight excluding hydrogens is 531 g/mol. The third-order valence-electron chi connectivity index (χ3n) is 6.14. The van der Waals surface area contributed by atoms with Crippen molar-refractivity contribution in [3.63, 3.8) is 0 Å². The van der Waals surface area contributed by atoms with Crippen LogP contribution in [0.3, 0.4) is 0 Å². The zero-order valence-corrected chi connectivity index (χ0v) is 20.9. The van der Waals surface area contributed by atoms with E-state index in [2.05, 4.69) is 15.9 Å². The maximum absolute atomic E-state index is 14.1. The fraction of sp³-hybridized carbons (Fsp3) is 0.222. The number of hydrogen-bond donors (Lipinski definition) is 2. The van der Waals surface area contributed by atoms with Crippen LogP contribution in [-0.4, -0.2) is 29.0 Å². The van der Waals surface area contributed by atoms with E-state index < -0.39 is 5.97 Å². The number of nitrogens with two attached hydrogens (primary N) is 1. The van der Waals surface area contributed by atoms with E-state index in [-0.39, 0.29) is 24.8 Å². The van der Waals surface area contributed by atoms with E-state index in [1.165, 1.54) is 12.1 Å². The molecule has 1 aliphatic rings. The first-order valence-electron chi connectivity index (χ1n) is 11.4. The first kappa shape index (κ1) is 24.3. The maximum Gasteiger partial charge on any atom is 0.336 e. The summed E-state index contributed by atoms with van der Waals surface area (Å²) in [4.78, 5) is 11.8. The molecule has 0 atom stereocenters. The highest BCUT2D eigenvalue weighted by Crippen LogP contribution is 2.32. The monoisotopic (exact) mass is 554 g/mol. The number of aromatic carboxylic acids is 1. The van der Waals surface area contributed by atoms with Gasteiger partial charge in [-0.25, -0.2) is 9.18 Å². The van der Waals surface area contributed by atoms with Gasteiger partial charge in [-0.1, -0.05) is 22.0 Å². The van der Waals surface area contributed by atoms with Crippen LogP contribution < -0.4 is 15.2 Å². The predicted octanol–water partition coefficient (Wildman–Crippen LogP) is 5.24. The molecule has 0 aliphatic carbocycles. The molecule has 4 aromatic rings. The molecule has 9 heteroatoms. The quantitative estimate of drug-likeness (QED) is 0.309. The fourth-order valence-corrected chi connectivity index (χ4v) is 4.88. The molecule has 0 saturated heterocycles. The van der Waals surface area contributed by atoms with E-state index >= 15 is 0 Å². The average molecular weight is 555 g/mol. The number of carboxylic acids is 1. The summed E-state index contributed by atoms with van der Waals surface area (Å²) in [7, 11) is 0. The van der Waals surface area contributed by atoms with Crippen molar-refractivity contribution < 1.29 is 28.5 Å². The van der Waals surface area contributed by atoms with Crippen molar-refractivity contribution in [1.29, 1.82) is 0 Å². The molecule has 1 aliphatic heterocycles. The van der Waals surface area contributed by atoms with Gasteiger partial charge in [0.15, 0.2) is 6.79 Å². The van der Waals surface area contributed by atoms with Crippen molar-refractivity contribution in [1.82, 2.24) is 4.57 Å². The van der Waals surface area contributed by atoms with Crippen LogP contribution in [0.4, 0.5) is 4.39 Å². The Kier molecular flexibility index (Phi) is 6.95. The topological polar surface area (TPSA) is 95.9 Å². The lowest BCUT2D eigenvalue weighted by Crippen LogP contribution is -2.14. The number of carbonyl (C=O) groups is 1. The molecule has 0 saturated carbocycles. The van der Waals surface area contributed by atoms with Crippen LogP contribution in [0.25, 0.3) is 10.9 Å². The van der Waals surface area contributed by atoms with Crippen LogP contribution in [0.15, 0.2) is 59.2 Å². The Morgan fingerprint density at radius 1 is 1.14 bits per heavy atom. The van der Waals surface area contributed by atoms with Gasteiger partial charge in [0.2, 0.25) is 0 Å². The van der Waals surface area contributed by atoms with E-state index in [4.69, 9.17) is 19.9 Å². The molecule has 2 heterocycles. The number of hydrogen-bond acceptors (Lipinski definition) is 5. The minimum absolute atomic E-state index is 0.121. The molecule has 3 N–H and O–H groups in total. The summed E-state index contributed by atoms with van der Waals surface area (Å²) >= 11 is 3.35. The van der Waals surface area contributed by atoms with Crippen molar-refractivity contribution in [2.24, 2.45) is 5.73 Å². The zero-order valence-electron chi connectivity index (χ0n) is 19.3. The number of ether oxygens (including phenoxy) is 3. The summed E-state index contributed by atoms with van der Waals surface area (Å²) in [6, 6.07) is 13.8. The Morgan fingerprint density at radius 2 is 2.00 bits per heavy atom. The van der Waals surface area contributed by atoms with Crippen LogP contribution in [0.5, 0.6) is 11.5 Å². The Labute approximate surface area is 215 Å². The molecule has 0 radical (unpaired) electrons. The highest BCUT2D eigenvalue weighted by Gasteiger charge is 2.18. The summed E-state index contributed by atoms with van der Waals surface area (Å²) in [6.07, 6.45) is 2.66. The number of halogens is 2. The number of benzene rings is 3. The van der Waals surface area contributed by atoms with E-state index in [0.717, 1.165) is 16.5 Å². The van der Waals surface area contributed by atoms with Gasteiger partial charge in [0.1, 0.15) is 23.9 Å². The number of rotatable bonds is 8. The van der Waals surface area contributed by atoms with Gasteiger partial charge in [0.25, 0.3) is 0 Å². The lowest BCUT2D eigenvalue weighted by atomic mass is 10.1. The fourth-order valence-electron chi connectivity index (χ4n) is 4.52. The standard InChI is InChI=1S/C27H24BrFN2O5/c28-20-2-1-16(24(9-20)27(32)33)11-31-12-17(5-6-30)23-10-22(3-4-25(23)31)35-14-19-8-21(29)7-18-13-34-15-36-26(18)19/h1-4,7-10,12H,5-6,11,13-15,30H2,(H,32,33). The van der Waals surface area contributed by atoms with Gasteiger partial charge in [-0.15, -0.1) is 0 Å². The molecule has 0 unspecified atom stereocenters. The van der Waals surface area contributed by atoms with Crippen molar-refractivity contribution >= 4 is 32.8 Å². The van der Waals surface area contributed by atoms with Crippen molar-refractivity contribution in [2.45, 2.75) is 26.2 Å². The van der Waals surface area contributed by atoms with Gasteiger partial charge in [0.05, 0.1) is 12.2 Å². The zero-order chi connectivity index (χ0) is 25.2. The van der Waals surface area contributed by atoms with Crippen molar-refractivity contribution in [3.05, 3.63) is 92.8 Å². The van der Waals surface area contributed by atoms with E-state index in [0.29, 0.717) is 58.8 Å². The van der Waals surface area contributed by atoms with Crippen LogP contribution >= 0.6 is 15.9 Å².